The van der Waals surface area contributed by atoms with E-state index in [2.05, 4.69) is 16.8 Å². The average molecular weight is 114 g/mol. The molecule has 0 fully saturated rings. The van der Waals surface area contributed by atoms with Crippen LogP contribution in [0.3, 0.4) is 0 Å². The van der Waals surface area contributed by atoms with Crippen LogP contribution >= 0.6 is 0 Å². The summed E-state index contributed by atoms with van der Waals surface area (Å²) in [5.41, 5.74) is 0. The highest BCUT2D eigenvalue weighted by atomic mass is 16.3. The lowest BCUT2D eigenvalue weighted by molar-refractivity contribution is 0.202. The minimum absolute atomic E-state index is 0.353. The second-order valence-corrected chi connectivity index (χ2v) is 1.47. The quantitative estimate of drug-likeness (QED) is 0.546. The Balaban J connectivity index is 3.15. The van der Waals surface area contributed by atoms with E-state index in [1.807, 2.05) is 0 Å². The van der Waals surface area contributed by atoms with Gasteiger partial charge in [-0.05, 0) is 6.92 Å². The Bertz CT molecular complexity index is 88.4. The summed E-state index contributed by atoms with van der Waals surface area (Å²) in [5.74, 6) is 0. The molecule has 0 aliphatic rings. The third-order valence-corrected chi connectivity index (χ3v) is 0.509. The molecule has 1 N–H and O–H groups in total. The van der Waals surface area contributed by atoms with Crippen LogP contribution in [0.2, 0.25) is 0 Å². The van der Waals surface area contributed by atoms with E-state index in [1.54, 1.807) is 6.92 Å². The van der Waals surface area contributed by atoms with Crippen molar-refractivity contribution in [1.29, 1.82) is 0 Å². The number of hydrogen-bond acceptors (Lipinski definition) is 3. The summed E-state index contributed by atoms with van der Waals surface area (Å²) in [6, 6.07) is 0. The van der Waals surface area contributed by atoms with Crippen molar-refractivity contribution >= 4 is 0 Å². The smallest absolute Gasteiger partial charge is 0.0859 e. The standard InChI is InChI=1S/C5H10N2O/c1-3-6-7-4-5(2)8/h3,5,8H,1,4H2,2H3. The summed E-state index contributed by atoms with van der Waals surface area (Å²) >= 11 is 0. The van der Waals surface area contributed by atoms with Gasteiger partial charge in [0, 0.05) is 6.20 Å². The summed E-state index contributed by atoms with van der Waals surface area (Å²) < 4.78 is 0. The molecule has 0 aromatic rings. The largest absolute Gasteiger partial charge is 0.391 e. The number of aliphatic hydroxyl groups is 1. The predicted molar refractivity (Wildman–Crippen MR) is 31.6 cm³/mol. The Labute approximate surface area is 48.8 Å². The molecule has 3 nitrogen and oxygen atoms in total. The van der Waals surface area contributed by atoms with E-state index in [-0.39, 0.29) is 0 Å². The predicted octanol–water partition coefficient (Wildman–Crippen LogP) is 0.963. The molecule has 0 spiro atoms. The van der Waals surface area contributed by atoms with Crippen molar-refractivity contribution in [2.75, 3.05) is 6.54 Å². The first kappa shape index (κ1) is 7.30. The SMILES string of the molecule is C=CN=NCC(C)O. The Morgan fingerprint density at radius 2 is 2.50 bits per heavy atom. The van der Waals surface area contributed by atoms with Crippen molar-refractivity contribution in [3.8, 4) is 0 Å². The normalized spacial score (nSPS) is 14.2. The molecule has 3 heteroatoms. The number of rotatable bonds is 3. The Kier molecular flexibility index (Phi) is 4.07. The van der Waals surface area contributed by atoms with E-state index in [4.69, 9.17) is 5.11 Å². The monoisotopic (exact) mass is 114 g/mol. The van der Waals surface area contributed by atoms with Gasteiger partial charge in [-0.2, -0.15) is 10.2 Å². The molecule has 0 amide bonds. The highest BCUT2D eigenvalue weighted by Gasteiger charge is 1.87. The van der Waals surface area contributed by atoms with Crippen LogP contribution in [0.1, 0.15) is 6.92 Å². The lowest BCUT2D eigenvalue weighted by Gasteiger charge is -1.92. The maximum Gasteiger partial charge on any atom is 0.0859 e. The first-order chi connectivity index (χ1) is 3.77. The topological polar surface area (TPSA) is 45.0 Å². The van der Waals surface area contributed by atoms with Crippen molar-refractivity contribution in [3.63, 3.8) is 0 Å². The Morgan fingerprint density at radius 3 is 2.88 bits per heavy atom. The zero-order valence-corrected chi connectivity index (χ0v) is 4.91. The number of hydrogen-bond donors (Lipinski definition) is 1. The molecule has 0 saturated carbocycles. The summed E-state index contributed by atoms with van der Waals surface area (Å²) in [7, 11) is 0. The van der Waals surface area contributed by atoms with Crippen molar-refractivity contribution < 1.29 is 5.11 Å². The van der Waals surface area contributed by atoms with Crippen LogP contribution in [0.15, 0.2) is 23.0 Å². The molecule has 0 aromatic carbocycles. The molecule has 1 atom stereocenters. The van der Waals surface area contributed by atoms with Crippen LogP contribution in [0.4, 0.5) is 0 Å². The van der Waals surface area contributed by atoms with Crippen LogP contribution in [-0.2, 0) is 0 Å². The minimum atomic E-state index is -0.404. The van der Waals surface area contributed by atoms with Gasteiger partial charge in [0.15, 0.2) is 0 Å². The molecule has 0 aliphatic carbocycles. The summed E-state index contributed by atoms with van der Waals surface area (Å²) in [4.78, 5) is 0. The zero-order chi connectivity index (χ0) is 6.41. The number of nitrogens with zero attached hydrogens (tertiary/aromatic N) is 2. The van der Waals surface area contributed by atoms with Crippen molar-refractivity contribution in [2.24, 2.45) is 10.2 Å². The van der Waals surface area contributed by atoms with Crippen molar-refractivity contribution in [3.05, 3.63) is 12.8 Å². The third kappa shape index (κ3) is 5.30. The van der Waals surface area contributed by atoms with Gasteiger partial charge in [-0.25, -0.2) is 0 Å². The molecular weight excluding hydrogens is 104 g/mol. The first-order valence-electron chi connectivity index (χ1n) is 2.43. The van der Waals surface area contributed by atoms with Gasteiger partial charge in [0.05, 0.1) is 12.6 Å². The Morgan fingerprint density at radius 1 is 1.88 bits per heavy atom. The van der Waals surface area contributed by atoms with Crippen LogP contribution in [0.25, 0.3) is 0 Å². The number of azo groups is 1. The van der Waals surface area contributed by atoms with Crippen LogP contribution < -0.4 is 0 Å². The molecule has 8 heavy (non-hydrogen) atoms. The van der Waals surface area contributed by atoms with E-state index in [1.165, 1.54) is 6.20 Å². The van der Waals surface area contributed by atoms with Gasteiger partial charge in [0.2, 0.25) is 0 Å². The first-order valence-corrected chi connectivity index (χ1v) is 2.43. The minimum Gasteiger partial charge on any atom is -0.391 e. The second-order valence-electron chi connectivity index (χ2n) is 1.47. The highest BCUT2D eigenvalue weighted by molar-refractivity contribution is 4.58. The van der Waals surface area contributed by atoms with Gasteiger partial charge in [-0.3, -0.25) is 0 Å². The van der Waals surface area contributed by atoms with E-state index < -0.39 is 6.10 Å². The lowest BCUT2D eigenvalue weighted by atomic mass is 10.4. The summed E-state index contributed by atoms with van der Waals surface area (Å²) in [5, 5.41) is 15.6. The van der Waals surface area contributed by atoms with Gasteiger partial charge in [-0.1, -0.05) is 6.58 Å². The highest BCUT2D eigenvalue weighted by Crippen LogP contribution is 1.81. The second kappa shape index (κ2) is 4.46. The average Bonchev–Trinajstić information content (AvgIpc) is 1.66. The van der Waals surface area contributed by atoms with E-state index in [0.29, 0.717) is 6.54 Å². The van der Waals surface area contributed by atoms with Gasteiger partial charge in [0.25, 0.3) is 0 Å². The molecule has 0 saturated heterocycles. The fourth-order valence-electron chi connectivity index (χ4n) is 0.223. The fourth-order valence-corrected chi connectivity index (χ4v) is 0.223. The Hall–Kier alpha value is -0.700. The van der Waals surface area contributed by atoms with E-state index >= 15 is 0 Å². The summed E-state index contributed by atoms with van der Waals surface area (Å²) in [6.07, 6.45) is 0.932. The molecule has 0 heterocycles. The zero-order valence-electron chi connectivity index (χ0n) is 4.91. The lowest BCUT2D eigenvalue weighted by Crippen LogP contribution is -2.02. The van der Waals surface area contributed by atoms with Crippen molar-refractivity contribution in [1.82, 2.24) is 0 Å². The summed E-state index contributed by atoms with van der Waals surface area (Å²) in [6.45, 7) is 5.32. The fraction of sp³-hybridized carbons (Fsp3) is 0.600. The van der Waals surface area contributed by atoms with Crippen LogP contribution in [0.5, 0.6) is 0 Å². The van der Waals surface area contributed by atoms with Gasteiger partial charge < -0.3 is 5.11 Å². The number of aliphatic hydroxyl groups excluding tert-OH is 1. The molecule has 46 valence electrons. The molecule has 0 rings (SSSR count). The molecule has 0 radical (unpaired) electrons. The molecular formula is C5H10N2O. The van der Waals surface area contributed by atoms with Gasteiger partial charge in [-0.15, -0.1) is 0 Å². The maximum atomic E-state index is 8.59. The van der Waals surface area contributed by atoms with Gasteiger partial charge >= 0.3 is 0 Å². The van der Waals surface area contributed by atoms with Crippen LogP contribution in [0, 0.1) is 0 Å². The van der Waals surface area contributed by atoms with Crippen molar-refractivity contribution in [2.45, 2.75) is 13.0 Å². The molecule has 0 aliphatic heterocycles. The van der Waals surface area contributed by atoms with E-state index in [0.717, 1.165) is 0 Å². The maximum absolute atomic E-state index is 8.59. The van der Waals surface area contributed by atoms with Crippen LogP contribution in [-0.4, -0.2) is 17.8 Å². The molecule has 0 aromatic heterocycles. The third-order valence-electron chi connectivity index (χ3n) is 0.509. The van der Waals surface area contributed by atoms with E-state index in [9.17, 15) is 0 Å². The molecule has 0 bridgehead atoms. The van der Waals surface area contributed by atoms with Gasteiger partial charge in [0.1, 0.15) is 0 Å². The molecule has 1 unspecified atom stereocenters.